The monoisotopic (exact) mass is 339 g/mol. The van der Waals surface area contributed by atoms with Crippen LogP contribution in [0.25, 0.3) is 10.9 Å². The lowest BCUT2D eigenvalue weighted by molar-refractivity contribution is -0.384. The van der Waals surface area contributed by atoms with Gasteiger partial charge in [-0.2, -0.15) is 0 Å². The number of aryl methyl sites for hydroxylation is 1. The number of non-ortho nitro benzene ring substituents is 1. The molecule has 0 amide bonds. The number of hydrogen-bond donors (Lipinski definition) is 1. The quantitative estimate of drug-likeness (QED) is 0.549. The van der Waals surface area contributed by atoms with Crippen LogP contribution < -0.4 is 5.56 Å². The van der Waals surface area contributed by atoms with Gasteiger partial charge in [0.15, 0.2) is 0 Å². The van der Waals surface area contributed by atoms with E-state index in [-0.39, 0.29) is 17.6 Å². The Morgan fingerprint density at radius 1 is 1.20 bits per heavy atom. The van der Waals surface area contributed by atoms with Gasteiger partial charge in [0.1, 0.15) is 0 Å². The number of aliphatic hydroxyl groups is 1. The van der Waals surface area contributed by atoms with E-state index in [0.29, 0.717) is 18.4 Å². The van der Waals surface area contributed by atoms with Crippen LogP contribution in [0.5, 0.6) is 0 Å². The third-order valence-electron chi connectivity index (χ3n) is 4.03. The Morgan fingerprint density at radius 2 is 1.96 bits per heavy atom. The number of nitro benzene ring substituents is 1. The van der Waals surface area contributed by atoms with Gasteiger partial charge >= 0.3 is 0 Å². The number of rotatable bonds is 6. The van der Waals surface area contributed by atoms with E-state index in [0.717, 1.165) is 5.56 Å². The second-order valence-corrected chi connectivity index (χ2v) is 5.84. The minimum atomic E-state index is -0.712. The highest BCUT2D eigenvalue weighted by Crippen LogP contribution is 2.16. The second kappa shape index (κ2) is 7.23. The molecule has 3 rings (SSSR count). The van der Waals surface area contributed by atoms with Gasteiger partial charge in [0.05, 0.1) is 34.8 Å². The number of hydrogen-bond acceptors (Lipinski definition) is 5. The third kappa shape index (κ3) is 3.89. The summed E-state index contributed by atoms with van der Waals surface area (Å²) in [5.74, 6) is 0. The van der Waals surface area contributed by atoms with Crippen LogP contribution in [0.15, 0.2) is 59.7 Å². The molecule has 1 aromatic heterocycles. The van der Waals surface area contributed by atoms with Gasteiger partial charge in [-0.25, -0.2) is 4.98 Å². The van der Waals surface area contributed by atoms with Crippen LogP contribution in [0.3, 0.4) is 0 Å². The smallest absolute Gasteiger partial charge is 0.270 e. The molecule has 0 aliphatic heterocycles. The molecule has 0 saturated heterocycles. The van der Waals surface area contributed by atoms with E-state index in [1.165, 1.54) is 29.1 Å². The standard InChI is InChI=1S/C18H17N3O4/c22-15(8-6-13-4-2-1-3-5-13)11-20-12-19-17-9-7-14(21(24)25)10-16(17)18(20)23/h1-5,7,9-10,12,15,22H,6,8,11H2. The van der Waals surface area contributed by atoms with Gasteiger partial charge in [-0.05, 0) is 24.5 Å². The van der Waals surface area contributed by atoms with Crippen molar-refractivity contribution < 1.29 is 10.0 Å². The zero-order chi connectivity index (χ0) is 17.8. The molecule has 1 N–H and O–H groups in total. The van der Waals surface area contributed by atoms with Crippen molar-refractivity contribution in [3.8, 4) is 0 Å². The Morgan fingerprint density at radius 3 is 2.68 bits per heavy atom. The molecular weight excluding hydrogens is 322 g/mol. The minimum absolute atomic E-state index is 0.0945. The number of nitrogens with zero attached hydrogens (tertiary/aromatic N) is 3. The molecular formula is C18H17N3O4. The van der Waals surface area contributed by atoms with Crippen molar-refractivity contribution in [2.24, 2.45) is 0 Å². The van der Waals surface area contributed by atoms with Crippen molar-refractivity contribution in [3.63, 3.8) is 0 Å². The van der Waals surface area contributed by atoms with Crippen molar-refractivity contribution in [1.82, 2.24) is 9.55 Å². The number of aliphatic hydroxyl groups excluding tert-OH is 1. The number of aromatic nitrogens is 2. The van der Waals surface area contributed by atoms with Crippen LogP contribution in [-0.4, -0.2) is 25.7 Å². The molecule has 0 aliphatic rings. The molecule has 7 nitrogen and oxygen atoms in total. The summed E-state index contributed by atoms with van der Waals surface area (Å²) < 4.78 is 1.29. The lowest BCUT2D eigenvalue weighted by atomic mass is 10.1. The first kappa shape index (κ1) is 16.8. The van der Waals surface area contributed by atoms with Gasteiger partial charge in [0.25, 0.3) is 11.2 Å². The molecule has 0 aliphatic carbocycles. The van der Waals surface area contributed by atoms with Gasteiger partial charge < -0.3 is 5.11 Å². The predicted molar refractivity (Wildman–Crippen MR) is 93.4 cm³/mol. The SMILES string of the molecule is O=c1c2cc([N+](=O)[O-])ccc2ncn1CC(O)CCc1ccccc1. The summed E-state index contributed by atoms with van der Waals surface area (Å²) in [6.45, 7) is 0.0945. The topological polar surface area (TPSA) is 98.3 Å². The Bertz CT molecular complexity index is 953. The third-order valence-corrected chi connectivity index (χ3v) is 4.03. The molecule has 1 unspecified atom stereocenters. The summed E-state index contributed by atoms with van der Waals surface area (Å²) in [6, 6.07) is 13.7. The normalized spacial score (nSPS) is 12.2. The molecule has 3 aromatic rings. The number of fused-ring (bicyclic) bond motifs is 1. The fourth-order valence-corrected chi connectivity index (χ4v) is 2.69. The zero-order valence-corrected chi connectivity index (χ0v) is 13.4. The minimum Gasteiger partial charge on any atom is -0.391 e. The van der Waals surface area contributed by atoms with Gasteiger partial charge in [-0.1, -0.05) is 30.3 Å². The molecule has 7 heteroatoms. The fourth-order valence-electron chi connectivity index (χ4n) is 2.69. The summed E-state index contributed by atoms with van der Waals surface area (Å²) in [7, 11) is 0. The highest BCUT2D eigenvalue weighted by atomic mass is 16.6. The van der Waals surface area contributed by atoms with Crippen molar-refractivity contribution in [2.75, 3.05) is 0 Å². The van der Waals surface area contributed by atoms with Gasteiger partial charge in [0.2, 0.25) is 0 Å². The van der Waals surface area contributed by atoms with E-state index in [4.69, 9.17) is 0 Å². The van der Waals surface area contributed by atoms with Crippen molar-refractivity contribution >= 4 is 16.6 Å². The van der Waals surface area contributed by atoms with E-state index in [2.05, 4.69) is 4.98 Å². The number of benzene rings is 2. The molecule has 0 fully saturated rings. The molecule has 1 atom stereocenters. The fraction of sp³-hybridized carbons (Fsp3) is 0.222. The molecule has 0 bridgehead atoms. The molecule has 1 heterocycles. The maximum absolute atomic E-state index is 12.5. The molecule has 2 aromatic carbocycles. The van der Waals surface area contributed by atoms with E-state index in [9.17, 15) is 20.0 Å². The summed E-state index contributed by atoms with van der Waals surface area (Å²) in [6.07, 6.45) is 1.85. The first-order valence-electron chi connectivity index (χ1n) is 7.90. The molecule has 0 saturated carbocycles. The van der Waals surface area contributed by atoms with Crippen LogP contribution >= 0.6 is 0 Å². The van der Waals surface area contributed by atoms with Gasteiger partial charge in [-0.15, -0.1) is 0 Å². The molecule has 0 spiro atoms. The predicted octanol–water partition coefficient (Wildman–Crippen LogP) is 2.30. The maximum atomic E-state index is 12.5. The van der Waals surface area contributed by atoms with E-state index < -0.39 is 16.6 Å². The van der Waals surface area contributed by atoms with Crippen LogP contribution in [0.2, 0.25) is 0 Å². The van der Waals surface area contributed by atoms with Crippen LogP contribution in [0, 0.1) is 10.1 Å². The first-order valence-corrected chi connectivity index (χ1v) is 7.90. The molecule has 128 valence electrons. The number of nitro groups is 1. The van der Waals surface area contributed by atoms with E-state index in [1.807, 2.05) is 30.3 Å². The zero-order valence-electron chi connectivity index (χ0n) is 13.4. The summed E-state index contributed by atoms with van der Waals surface area (Å²) in [4.78, 5) is 27.0. The van der Waals surface area contributed by atoms with Gasteiger partial charge in [-0.3, -0.25) is 19.5 Å². The summed E-state index contributed by atoms with van der Waals surface area (Å²) >= 11 is 0. The Balaban J connectivity index is 1.77. The molecule has 25 heavy (non-hydrogen) atoms. The van der Waals surface area contributed by atoms with Crippen molar-refractivity contribution in [3.05, 3.63) is 80.9 Å². The van der Waals surface area contributed by atoms with E-state index >= 15 is 0 Å². The van der Waals surface area contributed by atoms with Crippen molar-refractivity contribution in [1.29, 1.82) is 0 Å². The maximum Gasteiger partial charge on any atom is 0.270 e. The van der Waals surface area contributed by atoms with Crippen molar-refractivity contribution in [2.45, 2.75) is 25.5 Å². The highest BCUT2D eigenvalue weighted by Gasteiger charge is 2.13. The summed E-state index contributed by atoms with van der Waals surface area (Å²) in [5.41, 5.74) is 0.952. The van der Waals surface area contributed by atoms with Gasteiger partial charge in [0, 0.05) is 12.1 Å². The second-order valence-electron chi connectivity index (χ2n) is 5.84. The van der Waals surface area contributed by atoms with E-state index in [1.54, 1.807) is 0 Å². The summed E-state index contributed by atoms with van der Waals surface area (Å²) in [5, 5.41) is 21.3. The Labute approximate surface area is 143 Å². The Kier molecular flexibility index (Phi) is 4.85. The Hall–Kier alpha value is -3.06. The lowest BCUT2D eigenvalue weighted by Crippen LogP contribution is -2.27. The largest absolute Gasteiger partial charge is 0.391 e. The van der Waals surface area contributed by atoms with Crippen LogP contribution in [0.4, 0.5) is 5.69 Å². The first-order chi connectivity index (χ1) is 12.0. The van der Waals surface area contributed by atoms with Crippen LogP contribution in [0.1, 0.15) is 12.0 Å². The average Bonchev–Trinajstić information content (AvgIpc) is 2.63. The average molecular weight is 339 g/mol. The molecule has 0 radical (unpaired) electrons. The van der Waals surface area contributed by atoms with Crippen LogP contribution in [-0.2, 0) is 13.0 Å². The highest BCUT2D eigenvalue weighted by molar-refractivity contribution is 5.79. The lowest BCUT2D eigenvalue weighted by Gasteiger charge is -2.13.